The second-order valence-corrected chi connectivity index (χ2v) is 4.48. The molecular formula is C15H9FN4. The van der Waals surface area contributed by atoms with Crippen molar-refractivity contribution in [3.63, 3.8) is 0 Å². The number of rotatable bonds is 1. The van der Waals surface area contributed by atoms with Crippen molar-refractivity contribution >= 4 is 21.9 Å². The Labute approximate surface area is 113 Å². The topological polar surface area (TPSA) is 54.5 Å². The van der Waals surface area contributed by atoms with E-state index < -0.39 is 5.95 Å². The van der Waals surface area contributed by atoms with E-state index in [1.807, 2.05) is 12.1 Å². The first-order chi connectivity index (χ1) is 9.83. The molecule has 0 bridgehead atoms. The molecule has 4 aromatic rings. The van der Waals surface area contributed by atoms with Crippen molar-refractivity contribution in [3.05, 3.63) is 54.9 Å². The SMILES string of the molecule is Fc1ncccc1-c1ccc2c(n1)[nH]c1cnccc12. The quantitative estimate of drug-likeness (QED) is 0.536. The van der Waals surface area contributed by atoms with E-state index in [2.05, 4.69) is 19.9 Å². The van der Waals surface area contributed by atoms with Crippen LogP contribution in [0.4, 0.5) is 4.39 Å². The molecule has 0 atom stereocenters. The molecule has 4 rings (SSSR count). The Morgan fingerprint density at radius 1 is 1.00 bits per heavy atom. The lowest BCUT2D eigenvalue weighted by atomic mass is 10.1. The van der Waals surface area contributed by atoms with Gasteiger partial charge in [0.2, 0.25) is 5.95 Å². The summed E-state index contributed by atoms with van der Waals surface area (Å²) in [6.45, 7) is 0. The van der Waals surface area contributed by atoms with Gasteiger partial charge in [-0.15, -0.1) is 0 Å². The largest absolute Gasteiger partial charge is 0.338 e. The highest BCUT2D eigenvalue weighted by Crippen LogP contribution is 2.27. The lowest BCUT2D eigenvalue weighted by Gasteiger charge is -2.01. The molecule has 0 aliphatic heterocycles. The van der Waals surface area contributed by atoms with Gasteiger partial charge in [-0.3, -0.25) is 4.98 Å². The van der Waals surface area contributed by atoms with E-state index in [1.165, 1.54) is 6.20 Å². The fraction of sp³-hybridized carbons (Fsp3) is 0. The van der Waals surface area contributed by atoms with Gasteiger partial charge in [-0.1, -0.05) is 0 Å². The van der Waals surface area contributed by atoms with Crippen LogP contribution in [0.15, 0.2) is 48.9 Å². The Bertz CT molecular complexity index is 929. The maximum absolute atomic E-state index is 13.7. The summed E-state index contributed by atoms with van der Waals surface area (Å²) in [5.74, 6) is -0.517. The summed E-state index contributed by atoms with van der Waals surface area (Å²) in [7, 11) is 0. The van der Waals surface area contributed by atoms with Gasteiger partial charge in [0.15, 0.2) is 0 Å². The summed E-state index contributed by atoms with van der Waals surface area (Å²) in [4.78, 5) is 15.4. The van der Waals surface area contributed by atoms with Crippen molar-refractivity contribution in [2.45, 2.75) is 0 Å². The summed E-state index contributed by atoms with van der Waals surface area (Å²) in [5.41, 5.74) is 2.58. The van der Waals surface area contributed by atoms with Gasteiger partial charge in [0.05, 0.1) is 23.0 Å². The molecule has 0 saturated carbocycles. The molecule has 0 radical (unpaired) electrons. The normalized spacial score (nSPS) is 11.2. The maximum atomic E-state index is 13.7. The van der Waals surface area contributed by atoms with Crippen molar-refractivity contribution in [1.29, 1.82) is 0 Å². The first-order valence-corrected chi connectivity index (χ1v) is 6.16. The van der Waals surface area contributed by atoms with Crippen molar-refractivity contribution in [2.75, 3.05) is 0 Å². The molecule has 0 aromatic carbocycles. The van der Waals surface area contributed by atoms with Gasteiger partial charge in [0, 0.05) is 23.2 Å². The molecule has 0 fully saturated rings. The van der Waals surface area contributed by atoms with Crippen LogP contribution in [0.1, 0.15) is 0 Å². The first kappa shape index (κ1) is 11.0. The molecule has 4 heterocycles. The number of nitrogens with one attached hydrogen (secondary N) is 1. The number of fused-ring (bicyclic) bond motifs is 3. The minimum absolute atomic E-state index is 0.395. The summed E-state index contributed by atoms with van der Waals surface area (Å²) in [6.07, 6.45) is 4.91. The Morgan fingerprint density at radius 2 is 1.95 bits per heavy atom. The third-order valence-corrected chi connectivity index (χ3v) is 3.29. The van der Waals surface area contributed by atoms with Gasteiger partial charge in [-0.2, -0.15) is 4.39 Å². The molecule has 0 saturated heterocycles. The van der Waals surface area contributed by atoms with Crippen molar-refractivity contribution in [3.8, 4) is 11.3 Å². The molecule has 0 spiro atoms. The highest BCUT2D eigenvalue weighted by molar-refractivity contribution is 6.05. The zero-order valence-corrected chi connectivity index (χ0v) is 10.3. The second kappa shape index (κ2) is 4.09. The van der Waals surface area contributed by atoms with E-state index in [0.717, 1.165) is 16.3 Å². The molecular weight excluding hydrogens is 255 g/mol. The smallest absolute Gasteiger partial charge is 0.222 e. The highest BCUT2D eigenvalue weighted by Gasteiger charge is 2.10. The molecule has 0 aliphatic rings. The van der Waals surface area contributed by atoms with E-state index in [1.54, 1.807) is 30.6 Å². The predicted molar refractivity (Wildman–Crippen MR) is 74.6 cm³/mol. The van der Waals surface area contributed by atoms with Crippen LogP contribution in [-0.4, -0.2) is 19.9 Å². The Kier molecular flexibility index (Phi) is 2.26. The van der Waals surface area contributed by atoms with Crippen LogP contribution in [0.25, 0.3) is 33.2 Å². The number of aromatic amines is 1. The number of halogens is 1. The van der Waals surface area contributed by atoms with Gasteiger partial charge in [-0.25, -0.2) is 9.97 Å². The fourth-order valence-corrected chi connectivity index (χ4v) is 2.36. The second-order valence-electron chi connectivity index (χ2n) is 4.48. The van der Waals surface area contributed by atoms with Crippen LogP contribution in [0.3, 0.4) is 0 Å². The Hall–Kier alpha value is -2.82. The third kappa shape index (κ3) is 1.56. The van der Waals surface area contributed by atoms with Crippen LogP contribution >= 0.6 is 0 Å². The zero-order chi connectivity index (χ0) is 13.5. The molecule has 0 unspecified atom stereocenters. The third-order valence-electron chi connectivity index (χ3n) is 3.29. The number of nitrogens with zero attached hydrogens (tertiary/aromatic N) is 3. The highest BCUT2D eigenvalue weighted by atomic mass is 19.1. The molecule has 96 valence electrons. The average molecular weight is 264 g/mol. The van der Waals surface area contributed by atoms with Gasteiger partial charge in [0.25, 0.3) is 0 Å². The van der Waals surface area contributed by atoms with Crippen LogP contribution in [-0.2, 0) is 0 Å². The number of hydrogen-bond donors (Lipinski definition) is 1. The van der Waals surface area contributed by atoms with E-state index in [0.29, 0.717) is 16.9 Å². The first-order valence-electron chi connectivity index (χ1n) is 6.16. The van der Waals surface area contributed by atoms with E-state index in [-0.39, 0.29) is 0 Å². The molecule has 4 nitrogen and oxygen atoms in total. The van der Waals surface area contributed by atoms with E-state index in [4.69, 9.17) is 0 Å². The molecule has 20 heavy (non-hydrogen) atoms. The van der Waals surface area contributed by atoms with Crippen molar-refractivity contribution in [2.24, 2.45) is 0 Å². The molecule has 1 N–H and O–H groups in total. The summed E-state index contributed by atoms with van der Waals surface area (Å²) >= 11 is 0. The minimum atomic E-state index is -0.517. The lowest BCUT2D eigenvalue weighted by Crippen LogP contribution is -1.90. The predicted octanol–water partition coefficient (Wildman–Crippen LogP) is 3.31. The molecule has 5 heteroatoms. The van der Waals surface area contributed by atoms with Gasteiger partial charge in [0.1, 0.15) is 5.65 Å². The molecule has 0 aliphatic carbocycles. The summed E-state index contributed by atoms with van der Waals surface area (Å²) < 4.78 is 13.7. The summed E-state index contributed by atoms with van der Waals surface area (Å²) in [5, 5.41) is 2.05. The van der Waals surface area contributed by atoms with Gasteiger partial charge in [-0.05, 0) is 30.3 Å². The zero-order valence-electron chi connectivity index (χ0n) is 10.3. The number of pyridine rings is 3. The van der Waals surface area contributed by atoms with Crippen LogP contribution in [0, 0.1) is 5.95 Å². The lowest BCUT2D eigenvalue weighted by molar-refractivity contribution is 0.587. The van der Waals surface area contributed by atoms with Crippen LogP contribution in [0.5, 0.6) is 0 Å². The van der Waals surface area contributed by atoms with E-state index in [9.17, 15) is 4.39 Å². The standard InChI is InChI=1S/C15H9FN4/c16-14-11(2-1-6-18-14)12-4-3-10-9-5-7-17-8-13(9)20-15(10)19-12/h1-8H,(H,19,20). The number of aromatic nitrogens is 4. The van der Waals surface area contributed by atoms with Crippen LogP contribution < -0.4 is 0 Å². The Morgan fingerprint density at radius 3 is 2.85 bits per heavy atom. The van der Waals surface area contributed by atoms with Crippen molar-refractivity contribution in [1.82, 2.24) is 19.9 Å². The molecule has 4 aromatic heterocycles. The molecule has 0 amide bonds. The fourth-order valence-electron chi connectivity index (χ4n) is 2.36. The van der Waals surface area contributed by atoms with Crippen molar-refractivity contribution < 1.29 is 4.39 Å². The Balaban J connectivity index is 2.00. The van der Waals surface area contributed by atoms with Gasteiger partial charge >= 0.3 is 0 Å². The van der Waals surface area contributed by atoms with Crippen LogP contribution in [0.2, 0.25) is 0 Å². The van der Waals surface area contributed by atoms with Gasteiger partial charge < -0.3 is 4.98 Å². The monoisotopic (exact) mass is 264 g/mol. The van der Waals surface area contributed by atoms with E-state index >= 15 is 0 Å². The average Bonchev–Trinajstić information content (AvgIpc) is 2.85. The minimum Gasteiger partial charge on any atom is -0.338 e. The summed E-state index contributed by atoms with van der Waals surface area (Å²) in [6, 6.07) is 9.03. The number of hydrogen-bond acceptors (Lipinski definition) is 3. The number of H-pyrrole nitrogens is 1. The maximum Gasteiger partial charge on any atom is 0.222 e.